The maximum atomic E-state index is 5.64. The van der Waals surface area contributed by atoms with Gasteiger partial charge in [0.05, 0.1) is 11.4 Å². The molecule has 3 rings (SSSR count). The van der Waals surface area contributed by atoms with Crippen LogP contribution in [0.4, 0.5) is 17.3 Å². The summed E-state index contributed by atoms with van der Waals surface area (Å²) >= 11 is 3.48. The zero-order chi connectivity index (χ0) is 19.2. The second-order valence-corrected chi connectivity index (χ2v) is 6.63. The van der Waals surface area contributed by atoms with Crippen LogP contribution in [0.5, 0.6) is 0 Å². The highest BCUT2D eigenvalue weighted by molar-refractivity contribution is 9.10. The standard InChI is InChI=1S/C20H19BrN6/c1-3-27(26-14(2)22)18-9-7-17(8-10-18)24-20-23-12-11-19(25-20)15-5-4-6-16(21)13-15/h3-13H,1H2,2H3,(H2,22,26)(H,23,24,25). The van der Waals surface area contributed by atoms with Crippen molar-refractivity contribution in [1.29, 1.82) is 0 Å². The molecular formula is C20H19BrN6. The molecule has 0 saturated heterocycles. The third kappa shape index (κ3) is 4.92. The Kier molecular flexibility index (Phi) is 5.83. The van der Waals surface area contributed by atoms with Crippen molar-refractivity contribution in [3.8, 4) is 11.3 Å². The van der Waals surface area contributed by atoms with Gasteiger partial charge in [0, 0.05) is 28.1 Å². The molecule has 27 heavy (non-hydrogen) atoms. The second-order valence-electron chi connectivity index (χ2n) is 5.72. The topological polar surface area (TPSA) is 79.4 Å². The fourth-order valence-corrected chi connectivity index (χ4v) is 2.83. The van der Waals surface area contributed by atoms with Gasteiger partial charge >= 0.3 is 0 Å². The Bertz CT molecular complexity index is 964. The zero-order valence-electron chi connectivity index (χ0n) is 14.8. The number of nitrogens with zero attached hydrogens (tertiary/aromatic N) is 4. The maximum Gasteiger partial charge on any atom is 0.227 e. The van der Waals surface area contributed by atoms with E-state index in [2.05, 4.69) is 42.9 Å². The summed E-state index contributed by atoms with van der Waals surface area (Å²) in [5.41, 5.74) is 9.21. The van der Waals surface area contributed by atoms with Gasteiger partial charge in [-0.3, -0.25) is 0 Å². The first-order chi connectivity index (χ1) is 13.0. The van der Waals surface area contributed by atoms with E-state index in [4.69, 9.17) is 5.73 Å². The molecule has 1 heterocycles. The summed E-state index contributed by atoms with van der Waals surface area (Å²) in [7, 11) is 0. The van der Waals surface area contributed by atoms with Crippen molar-refractivity contribution >= 4 is 39.1 Å². The molecule has 6 nitrogen and oxygen atoms in total. The molecule has 0 amide bonds. The molecule has 3 aromatic rings. The number of amidine groups is 1. The molecule has 1 aromatic heterocycles. The van der Waals surface area contributed by atoms with E-state index in [1.807, 2.05) is 54.6 Å². The summed E-state index contributed by atoms with van der Waals surface area (Å²) in [6.45, 7) is 5.47. The molecule has 3 N–H and O–H groups in total. The predicted molar refractivity (Wildman–Crippen MR) is 115 cm³/mol. The van der Waals surface area contributed by atoms with Crippen LogP contribution in [0.3, 0.4) is 0 Å². The fraction of sp³-hybridized carbons (Fsp3) is 0.0500. The number of halogens is 1. The first-order valence-corrected chi connectivity index (χ1v) is 9.03. The lowest BCUT2D eigenvalue weighted by molar-refractivity contribution is 1.07. The van der Waals surface area contributed by atoms with E-state index in [1.54, 1.807) is 24.3 Å². The summed E-state index contributed by atoms with van der Waals surface area (Å²) in [4.78, 5) is 8.88. The van der Waals surface area contributed by atoms with Crippen LogP contribution in [0.1, 0.15) is 6.92 Å². The van der Waals surface area contributed by atoms with Crippen LogP contribution < -0.4 is 16.1 Å². The number of nitrogens with two attached hydrogens (primary N) is 1. The number of aromatic nitrogens is 2. The van der Waals surface area contributed by atoms with Gasteiger partial charge in [-0.05, 0) is 49.4 Å². The van der Waals surface area contributed by atoms with Crippen LogP contribution in [0.15, 0.2) is 83.1 Å². The largest absolute Gasteiger partial charge is 0.386 e. The molecule has 0 aliphatic carbocycles. The van der Waals surface area contributed by atoms with E-state index in [1.165, 1.54) is 0 Å². The Morgan fingerprint density at radius 3 is 2.67 bits per heavy atom. The van der Waals surface area contributed by atoms with Crippen molar-refractivity contribution in [1.82, 2.24) is 9.97 Å². The number of anilines is 3. The van der Waals surface area contributed by atoms with Crippen molar-refractivity contribution in [2.75, 3.05) is 10.3 Å². The van der Waals surface area contributed by atoms with Gasteiger partial charge in [0.1, 0.15) is 5.84 Å². The molecule has 136 valence electrons. The van der Waals surface area contributed by atoms with Crippen LogP contribution in [-0.2, 0) is 0 Å². The molecule has 0 bridgehead atoms. The lowest BCUT2D eigenvalue weighted by atomic mass is 10.1. The van der Waals surface area contributed by atoms with Crippen molar-refractivity contribution in [2.45, 2.75) is 6.92 Å². The Labute approximate surface area is 166 Å². The van der Waals surface area contributed by atoms with Gasteiger partial charge in [-0.15, -0.1) is 0 Å². The van der Waals surface area contributed by atoms with E-state index in [9.17, 15) is 0 Å². The van der Waals surface area contributed by atoms with Crippen LogP contribution in [-0.4, -0.2) is 15.8 Å². The molecule has 0 saturated carbocycles. The third-order valence-electron chi connectivity index (χ3n) is 3.60. The lowest BCUT2D eigenvalue weighted by Crippen LogP contribution is -2.15. The minimum absolute atomic E-state index is 0.454. The number of benzene rings is 2. The monoisotopic (exact) mass is 422 g/mol. The van der Waals surface area contributed by atoms with Crippen molar-refractivity contribution in [3.63, 3.8) is 0 Å². The van der Waals surface area contributed by atoms with E-state index in [-0.39, 0.29) is 0 Å². The van der Waals surface area contributed by atoms with E-state index < -0.39 is 0 Å². The minimum Gasteiger partial charge on any atom is -0.386 e. The lowest BCUT2D eigenvalue weighted by Gasteiger charge is -2.15. The summed E-state index contributed by atoms with van der Waals surface area (Å²) in [6.07, 6.45) is 3.33. The van der Waals surface area contributed by atoms with E-state index >= 15 is 0 Å². The molecule has 7 heteroatoms. The smallest absolute Gasteiger partial charge is 0.227 e. The van der Waals surface area contributed by atoms with Crippen LogP contribution in [0.25, 0.3) is 11.3 Å². The predicted octanol–water partition coefficient (Wildman–Crippen LogP) is 4.89. The highest BCUT2D eigenvalue weighted by Crippen LogP contribution is 2.24. The van der Waals surface area contributed by atoms with Crippen molar-refractivity contribution in [3.05, 3.63) is 78.0 Å². The normalized spacial score (nSPS) is 11.1. The highest BCUT2D eigenvalue weighted by atomic mass is 79.9. The molecule has 0 aliphatic heterocycles. The number of hydrogen-bond donors (Lipinski definition) is 2. The van der Waals surface area contributed by atoms with Crippen LogP contribution >= 0.6 is 15.9 Å². The maximum absolute atomic E-state index is 5.64. The molecular weight excluding hydrogens is 404 g/mol. The Balaban J connectivity index is 1.79. The SMILES string of the molecule is C=CN(/N=C(/C)N)c1ccc(Nc2nccc(-c3cccc(Br)c3)n2)cc1. The molecule has 0 unspecified atom stereocenters. The Morgan fingerprint density at radius 2 is 2.00 bits per heavy atom. The number of rotatable bonds is 6. The quantitative estimate of drug-likeness (QED) is 0.335. The first kappa shape index (κ1) is 18.6. The minimum atomic E-state index is 0.454. The van der Waals surface area contributed by atoms with Crippen molar-refractivity contribution < 1.29 is 0 Å². The van der Waals surface area contributed by atoms with Crippen molar-refractivity contribution in [2.24, 2.45) is 10.8 Å². The molecule has 2 aromatic carbocycles. The van der Waals surface area contributed by atoms with Gasteiger partial charge in [-0.25, -0.2) is 15.0 Å². The number of nitrogens with one attached hydrogen (secondary N) is 1. The van der Waals surface area contributed by atoms with E-state index in [0.717, 1.165) is 27.1 Å². The number of hydrogen-bond acceptors (Lipinski definition) is 5. The fourth-order valence-electron chi connectivity index (χ4n) is 2.43. The molecule has 0 aliphatic rings. The van der Waals surface area contributed by atoms with Gasteiger partial charge in [0.2, 0.25) is 5.95 Å². The third-order valence-corrected chi connectivity index (χ3v) is 4.10. The average molecular weight is 423 g/mol. The van der Waals surface area contributed by atoms with Gasteiger partial charge < -0.3 is 11.1 Å². The highest BCUT2D eigenvalue weighted by Gasteiger charge is 2.05. The van der Waals surface area contributed by atoms with Gasteiger partial charge in [0.15, 0.2) is 0 Å². The molecule has 0 fully saturated rings. The van der Waals surface area contributed by atoms with Gasteiger partial charge in [-0.2, -0.15) is 5.10 Å². The van der Waals surface area contributed by atoms with Gasteiger partial charge in [0.25, 0.3) is 0 Å². The summed E-state index contributed by atoms with van der Waals surface area (Å²) in [6, 6.07) is 17.5. The Hall–Kier alpha value is -3.19. The zero-order valence-corrected chi connectivity index (χ0v) is 16.4. The summed E-state index contributed by atoms with van der Waals surface area (Å²) in [5.74, 6) is 0.978. The molecule has 0 spiro atoms. The van der Waals surface area contributed by atoms with Crippen LogP contribution in [0.2, 0.25) is 0 Å². The van der Waals surface area contributed by atoms with Gasteiger partial charge in [-0.1, -0.05) is 34.6 Å². The summed E-state index contributed by atoms with van der Waals surface area (Å²) in [5, 5.41) is 9.02. The average Bonchev–Trinajstić information content (AvgIpc) is 2.67. The molecule has 0 atom stereocenters. The Morgan fingerprint density at radius 1 is 1.22 bits per heavy atom. The first-order valence-electron chi connectivity index (χ1n) is 8.24. The summed E-state index contributed by atoms with van der Waals surface area (Å²) < 4.78 is 1.01. The second kappa shape index (κ2) is 8.46. The van der Waals surface area contributed by atoms with Crippen LogP contribution in [0, 0.1) is 0 Å². The number of hydrazone groups is 1. The van der Waals surface area contributed by atoms with E-state index in [0.29, 0.717) is 11.8 Å². The molecule has 0 radical (unpaired) electrons.